The fraction of sp³-hybridized carbons (Fsp3) is 0.889. The molecule has 0 saturated heterocycles. The van der Waals surface area contributed by atoms with Crippen LogP contribution in [0.15, 0.2) is 0 Å². The summed E-state index contributed by atoms with van der Waals surface area (Å²) in [5.41, 5.74) is 0. The van der Waals surface area contributed by atoms with Crippen LogP contribution < -0.4 is 5.32 Å². The molecule has 1 N–H and O–H groups in total. The van der Waals surface area contributed by atoms with Crippen LogP contribution in [0.2, 0.25) is 0 Å². The molecule has 0 aliphatic heterocycles. The van der Waals surface area contributed by atoms with E-state index in [2.05, 4.69) is 19.2 Å². The van der Waals surface area contributed by atoms with Gasteiger partial charge in [0.25, 0.3) is 0 Å². The molecule has 0 saturated carbocycles. The molecule has 0 aromatic heterocycles. The first-order valence-corrected chi connectivity index (χ1v) is 4.30. The summed E-state index contributed by atoms with van der Waals surface area (Å²) in [7, 11) is 1.60. The highest BCUT2D eigenvalue weighted by Crippen LogP contribution is 1.92. The van der Waals surface area contributed by atoms with E-state index in [0.29, 0.717) is 12.5 Å². The number of carbonyl (C=O) groups is 1. The Labute approximate surface area is 74.5 Å². The second kappa shape index (κ2) is 6.14. The molecule has 1 unspecified atom stereocenters. The van der Waals surface area contributed by atoms with Crippen LogP contribution in [0.25, 0.3) is 0 Å². The molecular weight excluding hydrogens is 154 g/mol. The zero-order valence-corrected chi connectivity index (χ0v) is 8.39. The predicted molar refractivity (Wildman–Crippen MR) is 49.2 cm³/mol. The Hall–Kier alpha value is -0.410. The van der Waals surface area contributed by atoms with E-state index in [1.807, 2.05) is 0 Å². The van der Waals surface area contributed by atoms with Gasteiger partial charge in [-0.1, -0.05) is 13.8 Å². The Kier molecular flexibility index (Phi) is 5.93. The molecule has 0 aromatic rings. The highest BCUT2D eigenvalue weighted by molar-refractivity contribution is 5.81. The summed E-state index contributed by atoms with van der Waals surface area (Å²) in [6.07, 6.45) is 0. The Balaban J connectivity index is 3.71. The van der Waals surface area contributed by atoms with Crippen molar-refractivity contribution in [3.63, 3.8) is 0 Å². The Bertz CT molecular complexity index is 134. The van der Waals surface area contributed by atoms with E-state index in [1.54, 1.807) is 14.0 Å². The average Bonchev–Trinajstić information content (AvgIpc) is 1.96. The second-order valence-electron chi connectivity index (χ2n) is 3.42. The van der Waals surface area contributed by atoms with Crippen LogP contribution in [0, 0.1) is 5.92 Å². The number of hydrogen-bond donors (Lipinski definition) is 1. The van der Waals surface area contributed by atoms with Gasteiger partial charge in [-0.2, -0.15) is 0 Å². The third-order valence-corrected chi connectivity index (χ3v) is 1.60. The van der Waals surface area contributed by atoms with Gasteiger partial charge in [0, 0.05) is 7.11 Å². The largest absolute Gasteiger partial charge is 0.383 e. The quantitative estimate of drug-likeness (QED) is 0.646. The molecule has 0 spiro atoms. The third kappa shape index (κ3) is 5.27. The number of ketones is 1. The van der Waals surface area contributed by atoms with Crippen LogP contribution >= 0.6 is 0 Å². The van der Waals surface area contributed by atoms with Crippen molar-refractivity contribution in [2.45, 2.75) is 26.8 Å². The van der Waals surface area contributed by atoms with Crippen LogP contribution in [-0.4, -0.2) is 32.1 Å². The van der Waals surface area contributed by atoms with Gasteiger partial charge in [0.1, 0.15) is 5.78 Å². The minimum atomic E-state index is -0.141. The van der Waals surface area contributed by atoms with Crippen molar-refractivity contribution < 1.29 is 9.53 Å². The van der Waals surface area contributed by atoms with Crippen molar-refractivity contribution in [1.82, 2.24) is 5.32 Å². The first kappa shape index (κ1) is 11.6. The molecule has 72 valence electrons. The molecule has 0 aliphatic rings. The number of methoxy groups -OCH3 is 1. The predicted octanol–water partition coefficient (Wildman–Crippen LogP) is 0.836. The Morgan fingerprint density at radius 3 is 2.42 bits per heavy atom. The molecule has 0 rings (SSSR count). The van der Waals surface area contributed by atoms with Gasteiger partial charge in [-0.15, -0.1) is 0 Å². The topological polar surface area (TPSA) is 38.3 Å². The van der Waals surface area contributed by atoms with Gasteiger partial charge >= 0.3 is 0 Å². The zero-order chi connectivity index (χ0) is 9.56. The maximum absolute atomic E-state index is 11.0. The lowest BCUT2D eigenvalue weighted by Gasteiger charge is -2.15. The van der Waals surface area contributed by atoms with Crippen LogP contribution in [0.3, 0.4) is 0 Å². The van der Waals surface area contributed by atoms with E-state index in [-0.39, 0.29) is 11.8 Å². The summed E-state index contributed by atoms with van der Waals surface area (Å²) in [4.78, 5) is 11.0. The normalized spacial score (nSPS) is 13.4. The lowest BCUT2D eigenvalue weighted by molar-refractivity contribution is -0.120. The van der Waals surface area contributed by atoms with Crippen molar-refractivity contribution in [3.8, 4) is 0 Å². The molecule has 0 bridgehead atoms. The van der Waals surface area contributed by atoms with Crippen LogP contribution in [-0.2, 0) is 9.53 Å². The van der Waals surface area contributed by atoms with E-state index >= 15 is 0 Å². The third-order valence-electron chi connectivity index (χ3n) is 1.60. The molecule has 1 atom stereocenters. The van der Waals surface area contributed by atoms with E-state index in [9.17, 15) is 4.79 Å². The van der Waals surface area contributed by atoms with Crippen molar-refractivity contribution in [2.24, 2.45) is 5.92 Å². The average molecular weight is 173 g/mol. The smallest absolute Gasteiger partial charge is 0.149 e. The first-order valence-electron chi connectivity index (χ1n) is 4.30. The molecular formula is C9H19NO2. The molecule has 12 heavy (non-hydrogen) atoms. The van der Waals surface area contributed by atoms with Crippen molar-refractivity contribution >= 4 is 5.78 Å². The SMILES string of the molecule is COCC(NCC(C)C)C(C)=O. The molecule has 0 amide bonds. The van der Waals surface area contributed by atoms with Gasteiger partial charge in [0.2, 0.25) is 0 Å². The Morgan fingerprint density at radius 2 is 2.08 bits per heavy atom. The summed E-state index contributed by atoms with van der Waals surface area (Å²) in [6, 6.07) is -0.141. The summed E-state index contributed by atoms with van der Waals surface area (Å²) in [5, 5.41) is 3.14. The first-order chi connectivity index (χ1) is 5.57. The van der Waals surface area contributed by atoms with Crippen LogP contribution in [0.1, 0.15) is 20.8 Å². The lowest BCUT2D eigenvalue weighted by atomic mass is 10.1. The highest BCUT2D eigenvalue weighted by Gasteiger charge is 2.12. The maximum Gasteiger partial charge on any atom is 0.149 e. The summed E-state index contributed by atoms with van der Waals surface area (Å²) < 4.78 is 4.91. The van der Waals surface area contributed by atoms with Gasteiger partial charge in [0.15, 0.2) is 0 Å². The van der Waals surface area contributed by atoms with E-state index in [4.69, 9.17) is 4.74 Å². The molecule has 0 heterocycles. The molecule has 3 nitrogen and oxygen atoms in total. The van der Waals surface area contributed by atoms with Gasteiger partial charge in [-0.3, -0.25) is 4.79 Å². The fourth-order valence-corrected chi connectivity index (χ4v) is 0.865. The van der Waals surface area contributed by atoms with Gasteiger partial charge in [-0.25, -0.2) is 0 Å². The number of rotatable bonds is 6. The molecule has 0 fully saturated rings. The number of ether oxygens (including phenoxy) is 1. The van der Waals surface area contributed by atoms with Gasteiger partial charge in [0.05, 0.1) is 12.6 Å². The summed E-state index contributed by atoms with van der Waals surface area (Å²) >= 11 is 0. The Morgan fingerprint density at radius 1 is 1.50 bits per heavy atom. The van der Waals surface area contributed by atoms with E-state index in [0.717, 1.165) is 6.54 Å². The lowest BCUT2D eigenvalue weighted by Crippen LogP contribution is -2.40. The number of Topliss-reactive ketones (excluding diaryl/α,β-unsaturated/α-hetero) is 1. The molecule has 0 radical (unpaired) electrons. The van der Waals surface area contributed by atoms with E-state index < -0.39 is 0 Å². The van der Waals surface area contributed by atoms with Crippen molar-refractivity contribution in [2.75, 3.05) is 20.3 Å². The highest BCUT2D eigenvalue weighted by atomic mass is 16.5. The van der Waals surface area contributed by atoms with Crippen LogP contribution in [0.4, 0.5) is 0 Å². The number of nitrogens with one attached hydrogen (secondary N) is 1. The molecule has 0 aliphatic carbocycles. The van der Waals surface area contributed by atoms with E-state index in [1.165, 1.54) is 0 Å². The molecule has 0 aromatic carbocycles. The van der Waals surface area contributed by atoms with Crippen molar-refractivity contribution in [1.29, 1.82) is 0 Å². The van der Waals surface area contributed by atoms with Crippen LogP contribution in [0.5, 0.6) is 0 Å². The van der Waals surface area contributed by atoms with Gasteiger partial charge in [-0.05, 0) is 19.4 Å². The zero-order valence-electron chi connectivity index (χ0n) is 8.39. The monoisotopic (exact) mass is 173 g/mol. The summed E-state index contributed by atoms with van der Waals surface area (Å²) in [6.45, 7) is 7.11. The number of hydrogen-bond acceptors (Lipinski definition) is 3. The maximum atomic E-state index is 11.0. The standard InChI is InChI=1S/C9H19NO2/c1-7(2)5-10-9(6-12-4)8(3)11/h7,9-10H,5-6H2,1-4H3. The van der Waals surface area contributed by atoms with Crippen molar-refractivity contribution in [3.05, 3.63) is 0 Å². The summed E-state index contributed by atoms with van der Waals surface area (Å²) in [5.74, 6) is 0.696. The number of carbonyl (C=O) groups excluding carboxylic acids is 1. The fourth-order valence-electron chi connectivity index (χ4n) is 0.865. The van der Waals surface area contributed by atoms with Gasteiger partial charge < -0.3 is 10.1 Å². The minimum absolute atomic E-state index is 0.137. The molecule has 3 heteroatoms. The second-order valence-corrected chi connectivity index (χ2v) is 3.42. The minimum Gasteiger partial charge on any atom is -0.383 e.